The van der Waals surface area contributed by atoms with Crippen LogP contribution in [0.25, 0.3) is 0 Å². The molecule has 0 aliphatic rings. The first kappa shape index (κ1) is 51.2. The van der Waals surface area contributed by atoms with Crippen LogP contribution in [0.1, 0.15) is 124 Å². The topological polar surface area (TPSA) is 327 Å². The summed E-state index contributed by atoms with van der Waals surface area (Å²) in [5.41, 5.74) is 16.5. The van der Waals surface area contributed by atoms with Crippen LogP contribution in [0.2, 0.25) is 0 Å². The second-order valence-electron chi connectivity index (χ2n) is 13.8. The van der Waals surface area contributed by atoms with Crippen LogP contribution in [0, 0.1) is 0 Å². The number of ketones is 1. The molecule has 19 heteroatoms. The number of nitrogens with two attached hydrogens (primary N) is 3. The molecule has 0 unspecified atom stereocenters. The summed E-state index contributed by atoms with van der Waals surface area (Å²) in [6.07, 6.45) is 11.5. The van der Waals surface area contributed by atoms with Gasteiger partial charge in [-0.1, -0.05) is 78.1 Å². The highest BCUT2D eigenvalue weighted by Gasteiger charge is 2.32. The molecule has 0 bridgehead atoms. The van der Waals surface area contributed by atoms with Crippen molar-refractivity contribution in [1.29, 1.82) is 0 Å². The number of Topliss-reactive ketones (excluding diaryl/α,β-unsaturated/α-hetero) is 1. The molecule has 7 amide bonds. The number of carbonyl (C=O) groups excluding carboxylic acids is 8. The van der Waals surface area contributed by atoms with Crippen LogP contribution in [0.3, 0.4) is 0 Å². The van der Waals surface area contributed by atoms with Gasteiger partial charge < -0.3 is 59.3 Å². The summed E-state index contributed by atoms with van der Waals surface area (Å²) in [4.78, 5) is 101. The molecule has 320 valence electrons. The molecule has 0 saturated carbocycles. The molecule has 0 spiro atoms. The van der Waals surface area contributed by atoms with Gasteiger partial charge >= 0.3 is 0 Å². The van der Waals surface area contributed by atoms with Gasteiger partial charge in [-0.3, -0.25) is 38.4 Å². The first-order chi connectivity index (χ1) is 26.6. The van der Waals surface area contributed by atoms with Gasteiger partial charge in [0.2, 0.25) is 41.4 Å². The lowest BCUT2D eigenvalue weighted by atomic mass is 10.1. The molecule has 0 aliphatic heterocycles. The van der Waals surface area contributed by atoms with Crippen molar-refractivity contribution < 1.29 is 48.6 Å². The van der Waals surface area contributed by atoms with Crippen molar-refractivity contribution in [3.63, 3.8) is 0 Å². The average Bonchev–Trinajstić information content (AvgIpc) is 3.16. The standard InChI is InChI=1S/C37H67N9O10/c1-4-6-8-9-10-11-12-13-14-16-32(51)41-21-33(52)42-29(22-47)36(55)44-27(17-18-31(40)50)34(53)45-28(19-25(39)20-38)35(54)46-30(23-48)37(56)43-26(24(3)49)15-7-5-2/h20,26-30,47-48H,4-19,21-23,38-39H2,1-3H3,(H2,40,50)(H,41,51)(H,42,52)(H,43,56)(H,44,55)(H,45,53)(H,46,54)/b25-20-/t26-,27+,28-,29-,30-/m0/s1. The van der Waals surface area contributed by atoms with Crippen LogP contribution < -0.4 is 49.1 Å². The highest BCUT2D eigenvalue weighted by molar-refractivity contribution is 5.97. The Bertz CT molecular complexity index is 1300. The molecule has 0 aliphatic carbocycles. The van der Waals surface area contributed by atoms with Gasteiger partial charge in [-0.15, -0.1) is 0 Å². The van der Waals surface area contributed by atoms with E-state index in [-0.39, 0.29) is 30.2 Å². The van der Waals surface area contributed by atoms with Crippen molar-refractivity contribution >= 4 is 47.1 Å². The predicted octanol–water partition coefficient (Wildman–Crippen LogP) is -1.37. The van der Waals surface area contributed by atoms with Gasteiger partial charge in [0.25, 0.3) is 0 Å². The molecule has 0 radical (unpaired) electrons. The Balaban J connectivity index is 5.52. The Morgan fingerprint density at radius 1 is 0.554 bits per heavy atom. The van der Waals surface area contributed by atoms with E-state index in [0.717, 1.165) is 31.9 Å². The molecule has 0 aromatic rings. The quantitative estimate of drug-likeness (QED) is 0.0351. The average molecular weight is 798 g/mol. The zero-order valence-corrected chi connectivity index (χ0v) is 33.3. The number of hydrogen-bond acceptors (Lipinski definition) is 12. The fraction of sp³-hybridized carbons (Fsp3) is 0.730. The fourth-order valence-corrected chi connectivity index (χ4v) is 5.44. The van der Waals surface area contributed by atoms with Gasteiger partial charge in [0.05, 0.1) is 25.8 Å². The second kappa shape index (κ2) is 30.4. The van der Waals surface area contributed by atoms with Gasteiger partial charge in [-0.2, -0.15) is 0 Å². The first-order valence-corrected chi connectivity index (χ1v) is 19.6. The number of aliphatic hydroxyl groups excluding tert-OH is 2. The summed E-state index contributed by atoms with van der Waals surface area (Å²) in [5.74, 6) is -6.19. The molecule has 0 aromatic heterocycles. The van der Waals surface area contributed by atoms with E-state index >= 15 is 0 Å². The summed E-state index contributed by atoms with van der Waals surface area (Å²) in [5, 5.41) is 34.0. The van der Waals surface area contributed by atoms with Gasteiger partial charge in [-0.05, 0) is 26.2 Å². The SMILES string of the molecule is CCCCCCCCCCCC(=O)NCC(=O)N[C@@H](CO)C(=O)N[C@H](CCC(N)=O)C(=O)N[C@@H](C/C(N)=C/N)C(=O)N[C@@H](CO)C(=O)N[C@@H](CCCC)C(C)=O. The van der Waals surface area contributed by atoms with Gasteiger partial charge in [0, 0.05) is 31.2 Å². The van der Waals surface area contributed by atoms with E-state index in [1.165, 1.54) is 39.0 Å². The van der Waals surface area contributed by atoms with E-state index in [9.17, 15) is 48.6 Å². The Hall–Kier alpha value is -4.78. The van der Waals surface area contributed by atoms with E-state index in [1.807, 2.05) is 6.92 Å². The van der Waals surface area contributed by atoms with Crippen molar-refractivity contribution in [2.24, 2.45) is 17.2 Å². The molecule has 0 heterocycles. The smallest absolute Gasteiger partial charge is 0.245 e. The molecule has 0 saturated heterocycles. The molecular weight excluding hydrogens is 730 g/mol. The van der Waals surface area contributed by atoms with Crippen LogP contribution in [0.15, 0.2) is 11.9 Å². The monoisotopic (exact) mass is 798 g/mol. The van der Waals surface area contributed by atoms with Crippen LogP contribution in [0.5, 0.6) is 0 Å². The molecule has 0 rings (SSSR count). The molecule has 5 atom stereocenters. The zero-order valence-electron chi connectivity index (χ0n) is 33.3. The number of rotatable bonds is 32. The zero-order chi connectivity index (χ0) is 42.5. The largest absolute Gasteiger partial charge is 0.403 e. The van der Waals surface area contributed by atoms with Crippen LogP contribution in [0.4, 0.5) is 0 Å². The third-order valence-electron chi connectivity index (χ3n) is 8.86. The maximum Gasteiger partial charge on any atom is 0.245 e. The minimum absolute atomic E-state index is 0.0623. The minimum Gasteiger partial charge on any atom is -0.403 e. The molecular formula is C37H67N9O10. The summed E-state index contributed by atoms with van der Waals surface area (Å²) in [7, 11) is 0. The van der Waals surface area contributed by atoms with Crippen LogP contribution in [-0.2, 0) is 38.4 Å². The van der Waals surface area contributed by atoms with Crippen LogP contribution in [-0.4, -0.2) is 107 Å². The Morgan fingerprint density at radius 2 is 1.02 bits per heavy atom. The summed E-state index contributed by atoms with van der Waals surface area (Å²) in [6, 6.07) is -7.03. The van der Waals surface area contributed by atoms with Crippen molar-refractivity contribution in [2.75, 3.05) is 19.8 Å². The molecule has 0 aromatic carbocycles. The van der Waals surface area contributed by atoms with Crippen molar-refractivity contribution in [2.45, 2.75) is 154 Å². The lowest BCUT2D eigenvalue weighted by Crippen LogP contribution is -2.60. The number of hydrogen-bond donors (Lipinski definition) is 11. The summed E-state index contributed by atoms with van der Waals surface area (Å²) < 4.78 is 0. The third-order valence-corrected chi connectivity index (χ3v) is 8.86. The molecule has 14 N–H and O–H groups in total. The number of unbranched alkanes of at least 4 members (excludes halogenated alkanes) is 9. The number of primary amides is 1. The minimum atomic E-state index is -1.57. The van der Waals surface area contributed by atoms with E-state index in [2.05, 4.69) is 38.8 Å². The fourth-order valence-electron chi connectivity index (χ4n) is 5.44. The normalized spacial score (nSPS) is 13.9. The number of nitrogens with one attached hydrogen (secondary N) is 6. The second-order valence-corrected chi connectivity index (χ2v) is 13.8. The number of carbonyl (C=O) groups is 8. The third kappa shape index (κ3) is 23.2. The van der Waals surface area contributed by atoms with E-state index in [1.54, 1.807) is 0 Å². The van der Waals surface area contributed by atoms with Crippen molar-refractivity contribution in [3.05, 3.63) is 11.9 Å². The Morgan fingerprint density at radius 3 is 1.54 bits per heavy atom. The van der Waals surface area contributed by atoms with E-state index < -0.39 is 98.3 Å². The molecule has 19 nitrogen and oxygen atoms in total. The first-order valence-electron chi connectivity index (χ1n) is 19.6. The summed E-state index contributed by atoms with van der Waals surface area (Å²) in [6.45, 7) is 3.13. The number of aliphatic hydroxyl groups is 2. The van der Waals surface area contributed by atoms with Crippen molar-refractivity contribution in [3.8, 4) is 0 Å². The number of amides is 7. The van der Waals surface area contributed by atoms with Crippen LogP contribution >= 0.6 is 0 Å². The van der Waals surface area contributed by atoms with Crippen molar-refractivity contribution in [1.82, 2.24) is 31.9 Å². The van der Waals surface area contributed by atoms with Gasteiger partial charge in [0.15, 0.2) is 5.78 Å². The summed E-state index contributed by atoms with van der Waals surface area (Å²) >= 11 is 0. The lowest BCUT2D eigenvalue weighted by Gasteiger charge is -2.26. The maximum absolute atomic E-state index is 13.5. The van der Waals surface area contributed by atoms with Gasteiger partial charge in [0.1, 0.15) is 24.2 Å². The van der Waals surface area contributed by atoms with E-state index in [4.69, 9.17) is 17.2 Å². The lowest BCUT2D eigenvalue weighted by molar-refractivity contribution is -0.136. The van der Waals surface area contributed by atoms with Gasteiger partial charge in [-0.25, -0.2) is 0 Å². The van der Waals surface area contributed by atoms with E-state index in [0.29, 0.717) is 19.3 Å². The highest BCUT2D eigenvalue weighted by Crippen LogP contribution is 2.11. The Labute approximate surface area is 329 Å². The highest BCUT2D eigenvalue weighted by atomic mass is 16.3. The predicted molar refractivity (Wildman–Crippen MR) is 208 cm³/mol. The Kier molecular flexibility index (Phi) is 27.8. The molecule has 56 heavy (non-hydrogen) atoms. The maximum atomic E-state index is 13.5. The molecule has 0 fully saturated rings.